The predicted molar refractivity (Wildman–Crippen MR) is 84.7 cm³/mol. The Kier molecular flexibility index (Phi) is 3.79. The number of nitrogens with one attached hydrogen (secondary N) is 1. The van der Waals surface area contributed by atoms with Gasteiger partial charge in [-0.05, 0) is 49.4 Å². The number of halogens is 2. The largest absolute Gasteiger partial charge is 0.380 e. The molecule has 0 aliphatic heterocycles. The number of hydrogen-bond donors (Lipinski definition) is 1. The Balaban J connectivity index is 1.62. The maximum absolute atomic E-state index is 13.7. The van der Waals surface area contributed by atoms with E-state index in [1.807, 2.05) is 0 Å². The van der Waals surface area contributed by atoms with Gasteiger partial charge in [-0.25, -0.2) is 4.39 Å². The molecule has 0 aromatic heterocycles. The molecule has 2 aromatic carbocycles. The van der Waals surface area contributed by atoms with Crippen molar-refractivity contribution in [3.05, 3.63) is 63.9 Å². The second-order valence-corrected chi connectivity index (χ2v) is 6.46. The number of anilines is 1. The molecule has 1 aliphatic rings. The van der Waals surface area contributed by atoms with Crippen LogP contribution in [0.2, 0.25) is 0 Å². The highest BCUT2D eigenvalue weighted by Gasteiger charge is 2.30. The minimum absolute atomic E-state index is 0.188. The molecule has 2 aromatic rings. The normalized spacial score (nSPS) is 21.4. The van der Waals surface area contributed by atoms with Crippen LogP contribution < -0.4 is 5.32 Å². The van der Waals surface area contributed by atoms with Gasteiger partial charge in [-0.1, -0.05) is 45.8 Å². The third-order valence-electron chi connectivity index (χ3n) is 3.94. The van der Waals surface area contributed by atoms with Crippen molar-refractivity contribution in [2.75, 3.05) is 5.32 Å². The summed E-state index contributed by atoms with van der Waals surface area (Å²) in [6.07, 6.45) is 2.13. The summed E-state index contributed by atoms with van der Waals surface area (Å²) in [5.74, 6) is 0.412. The quantitative estimate of drug-likeness (QED) is 0.808. The van der Waals surface area contributed by atoms with Gasteiger partial charge in [0.15, 0.2) is 0 Å². The van der Waals surface area contributed by atoms with E-state index >= 15 is 0 Å². The monoisotopic (exact) mass is 333 g/mol. The lowest BCUT2D eigenvalue weighted by Crippen LogP contribution is -2.34. The third kappa shape index (κ3) is 2.88. The summed E-state index contributed by atoms with van der Waals surface area (Å²) in [6, 6.07) is 14.0. The zero-order valence-corrected chi connectivity index (χ0v) is 13.0. The Morgan fingerprint density at radius 2 is 1.95 bits per heavy atom. The minimum atomic E-state index is -0.188. The highest BCUT2D eigenvalue weighted by molar-refractivity contribution is 9.10. The molecule has 0 bridgehead atoms. The van der Waals surface area contributed by atoms with Crippen LogP contribution in [-0.2, 0) is 0 Å². The average molecular weight is 334 g/mol. The molecule has 20 heavy (non-hydrogen) atoms. The van der Waals surface area contributed by atoms with Crippen LogP contribution in [0.1, 0.15) is 29.9 Å². The highest BCUT2D eigenvalue weighted by atomic mass is 79.9. The summed E-state index contributed by atoms with van der Waals surface area (Å²) in [6.45, 7) is 2.12. The van der Waals surface area contributed by atoms with Crippen LogP contribution in [-0.4, -0.2) is 6.04 Å². The van der Waals surface area contributed by atoms with Crippen LogP contribution in [0.4, 0.5) is 10.1 Å². The van der Waals surface area contributed by atoms with Crippen molar-refractivity contribution in [3.63, 3.8) is 0 Å². The van der Waals surface area contributed by atoms with Gasteiger partial charge in [0.2, 0.25) is 0 Å². The standard InChI is InChI=1S/C17H17BrFN/c1-11-3-2-4-12(7-11)13-8-15(9-13)20-17-10-14(18)5-6-16(17)19/h2-7,10,13,15,20H,8-9H2,1H3. The molecule has 0 amide bonds. The topological polar surface area (TPSA) is 12.0 Å². The first-order valence-electron chi connectivity index (χ1n) is 6.90. The molecule has 0 unspecified atom stereocenters. The van der Waals surface area contributed by atoms with Crippen LogP contribution in [0.25, 0.3) is 0 Å². The summed E-state index contributed by atoms with van der Waals surface area (Å²) < 4.78 is 14.6. The van der Waals surface area contributed by atoms with E-state index in [0.29, 0.717) is 17.6 Å². The smallest absolute Gasteiger partial charge is 0.146 e. The molecule has 1 nitrogen and oxygen atoms in total. The molecule has 0 atom stereocenters. The van der Waals surface area contributed by atoms with Crippen molar-refractivity contribution in [2.24, 2.45) is 0 Å². The van der Waals surface area contributed by atoms with Gasteiger partial charge in [-0.15, -0.1) is 0 Å². The van der Waals surface area contributed by atoms with E-state index in [2.05, 4.69) is 52.4 Å². The summed E-state index contributed by atoms with van der Waals surface area (Å²) in [7, 11) is 0. The van der Waals surface area contributed by atoms with Crippen LogP contribution in [0.5, 0.6) is 0 Å². The first-order chi connectivity index (χ1) is 9.61. The summed E-state index contributed by atoms with van der Waals surface area (Å²) >= 11 is 3.38. The van der Waals surface area contributed by atoms with E-state index in [0.717, 1.165) is 17.3 Å². The highest BCUT2D eigenvalue weighted by Crippen LogP contribution is 2.39. The van der Waals surface area contributed by atoms with Crippen LogP contribution >= 0.6 is 15.9 Å². The maximum Gasteiger partial charge on any atom is 0.146 e. The first-order valence-corrected chi connectivity index (χ1v) is 7.69. The summed E-state index contributed by atoms with van der Waals surface area (Å²) in [5.41, 5.74) is 3.29. The van der Waals surface area contributed by atoms with Gasteiger partial charge in [0, 0.05) is 10.5 Å². The Morgan fingerprint density at radius 1 is 1.15 bits per heavy atom. The Labute approximate surface area is 127 Å². The number of aryl methyl sites for hydroxylation is 1. The molecule has 1 aliphatic carbocycles. The van der Waals surface area contributed by atoms with Crippen molar-refractivity contribution >= 4 is 21.6 Å². The minimum Gasteiger partial charge on any atom is -0.380 e. The van der Waals surface area contributed by atoms with Gasteiger partial charge in [-0.2, -0.15) is 0 Å². The molecular weight excluding hydrogens is 317 g/mol. The molecule has 1 saturated carbocycles. The van der Waals surface area contributed by atoms with Crippen molar-refractivity contribution in [1.82, 2.24) is 0 Å². The van der Waals surface area contributed by atoms with E-state index < -0.39 is 0 Å². The molecule has 0 radical (unpaired) electrons. The molecule has 1 N–H and O–H groups in total. The zero-order chi connectivity index (χ0) is 14.1. The molecule has 3 heteroatoms. The lowest BCUT2D eigenvalue weighted by Gasteiger charge is -2.37. The van der Waals surface area contributed by atoms with Crippen LogP contribution in [0.15, 0.2) is 46.9 Å². The number of rotatable bonds is 3. The van der Waals surface area contributed by atoms with Crippen LogP contribution in [0, 0.1) is 12.7 Å². The van der Waals surface area contributed by atoms with E-state index in [-0.39, 0.29) is 5.82 Å². The van der Waals surface area contributed by atoms with E-state index in [1.165, 1.54) is 17.2 Å². The van der Waals surface area contributed by atoms with E-state index in [9.17, 15) is 4.39 Å². The second-order valence-electron chi connectivity index (χ2n) is 5.55. The molecule has 1 fully saturated rings. The van der Waals surface area contributed by atoms with Gasteiger partial charge in [0.05, 0.1) is 5.69 Å². The Bertz CT molecular complexity index is 620. The van der Waals surface area contributed by atoms with Crippen molar-refractivity contribution in [1.29, 1.82) is 0 Å². The fourth-order valence-electron chi connectivity index (χ4n) is 2.76. The molecule has 0 heterocycles. The second kappa shape index (κ2) is 5.57. The zero-order valence-electron chi connectivity index (χ0n) is 11.4. The molecule has 0 saturated heterocycles. The molecule has 0 spiro atoms. The summed E-state index contributed by atoms with van der Waals surface area (Å²) in [5, 5.41) is 3.30. The first kappa shape index (κ1) is 13.6. The van der Waals surface area contributed by atoms with Gasteiger partial charge in [-0.3, -0.25) is 0 Å². The predicted octanol–water partition coefficient (Wildman–Crippen LogP) is 5.25. The van der Waals surface area contributed by atoms with E-state index in [1.54, 1.807) is 12.1 Å². The van der Waals surface area contributed by atoms with Crippen molar-refractivity contribution in [3.8, 4) is 0 Å². The van der Waals surface area contributed by atoms with Crippen molar-refractivity contribution < 1.29 is 4.39 Å². The fourth-order valence-corrected chi connectivity index (χ4v) is 3.12. The molecule has 104 valence electrons. The van der Waals surface area contributed by atoms with E-state index in [4.69, 9.17) is 0 Å². The Hall–Kier alpha value is -1.35. The van der Waals surface area contributed by atoms with Gasteiger partial charge in [0.1, 0.15) is 5.82 Å². The maximum atomic E-state index is 13.7. The average Bonchev–Trinajstić information content (AvgIpc) is 2.37. The van der Waals surface area contributed by atoms with Gasteiger partial charge in [0.25, 0.3) is 0 Å². The van der Waals surface area contributed by atoms with Gasteiger partial charge < -0.3 is 5.32 Å². The molecular formula is C17H17BrFN. The lowest BCUT2D eigenvalue weighted by molar-refractivity contribution is 0.373. The van der Waals surface area contributed by atoms with Gasteiger partial charge >= 0.3 is 0 Å². The third-order valence-corrected chi connectivity index (χ3v) is 4.43. The number of hydrogen-bond acceptors (Lipinski definition) is 1. The van der Waals surface area contributed by atoms with Crippen LogP contribution in [0.3, 0.4) is 0 Å². The van der Waals surface area contributed by atoms with Crippen molar-refractivity contribution in [2.45, 2.75) is 31.7 Å². The fraction of sp³-hybridized carbons (Fsp3) is 0.294. The Morgan fingerprint density at radius 3 is 2.70 bits per heavy atom. The summed E-state index contributed by atoms with van der Waals surface area (Å²) in [4.78, 5) is 0. The molecule has 3 rings (SSSR count). The SMILES string of the molecule is Cc1cccc(C2CC(Nc3cc(Br)ccc3F)C2)c1. The number of benzene rings is 2. The lowest BCUT2D eigenvalue weighted by atomic mass is 9.75.